The Labute approximate surface area is 99.8 Å². The van der Waals surface area contributed by atoms with Crippen molar-refractivity contribution in [3.8, 4) is 0 Å². The Kier molecular flexibility index (Phi) is 5.73. The summed E-state index contributed by atoms with van der Waals surface area (Å²) >= 11 is 0. The molecule has 3 nitrogen and oxygen atoms in total. The summed E-state index contributed by atoms with van der Waals surface area (Å²) in [6.07, 6.45) is 2.72. The van der Waals surface area contributed by atoms with Crippen LogP contribution in [0.1, 0.15) is 40.0 Å². The molecule has 1 aliphatic heterocycles. The Morgan fingerprint density at radius 3 is 2.44 bits per heavy atom. The third kappa shape index (κ3) is 4.81. The first-order valence-electron chi connectivity index (χ1n) is 6.58. The van der Waals surface area contributed by atoms with Crippen molar-refractivity contribution in [2.45, 2.75) is 45.6 Å². The van der Waals surface area contributed by atoms with Gasteiger partial charge in [-0.2, -0.15) is 0 Å². The minimum atomic E-state index is -0.567. The molecule has 0 aromatic carbocycles. The smallest absolute Gasteiger partial charge is 0.0904 e. The van der Waals surface area contributed by atoms with Crippen LogP contribution in [-0.2, 0) is 4.74 Å². The summed E-state index contributed by atoms with van der Waals surface area (Å²) in [4.78, 5) is 2.44. The van der Waals surface area contributed by atoms with Crippen molar-refractivity contribution in [1.29, 1.82) is 0 Å². The zero-order valence-electron chi connectivity index (χ0n) is 11.0. The van der Waals surface area contributed by atoms with E-state index in [1.54, 1.807) is 0 Å². The second-order valence-corrected chi connectivity index (χ2v) is 5.47. The number of hydrogen-bond donors (Lipinski definition) is 1. The zero-order valence-corrected chi connectivity index (χ0v) is 11.0. The van der Waals surface area contributed by atoms with Gasteiger partial charge in [0.25, 0.3) is 0 Å². The highest BCUT2D eigenvalue weighted by atomic mass is 16.5. The van der Waals surface area contributed by atoms with E-state index in [2.05, 4.69) is 25.7 Å². The molecule has 1 N–H and O–H groups in total. The van der Waals surface area contributed by atoms with Crippen molar-refractivity contribution in [3.05, 3.63) is 0 Å². The molecule has 0 amide bonds. The van der Waals surface area contributed by atoms with Crippen LogP contribution in [0, 0.1) is 5.92 Å². The molecule has 0 aromatic rings. The Bertz CT molecular complexity index is 186. The van der Waals surface area contributed by atoms with E-state index in [9.17, 15) is 5.11 Å². The molecular formula is C13H27NO2. The van der Waals surface area contributed by atoms with Crippen LogP contribution in [0.3, 0.4) is 0 Å². The normalized spacial score (nSPS) is 21.6. The first kappa shape index (κ1) is 13.9. The van der Waals surface area contributed by atoms with Gasteiger partial charge in [-0.25, -0.2) is 0 Å². The maximum Gasteiger partial charge on any atom is 0.0904 e. The molecule has 0 aliphatic carbocycles. The molecule has 96 valence electrons. The van der Waals surface area contributed by atoms with Crippen molar-refractivity contribution >= 4 is 0 Å². The van der Waals surface area contributed by atoms with E-state index < -0.39 is 5.60 Å². The molecular weight excluding hydrogens is 202 g/mol. The van der Waals surface area contributed by atoms with Gasteiger partial charge in [0.15, 0.2) is 0 Å². The highest BCUT2D eigenvalue weighted by Crippen LogP contribution is 2.23. The number of aliphatic hydroxyl groups is 1. The van der Waals surface area contributed by atoms with Gasteiger partial charge in [-0.3, -0.25) is 0 Å². The summed E-state index contributed by atoms with van der Waals surface area (Å²) in [6, 6.07) is 0. The molecule has 1 fully saturated rings. The van der Waals surface area contributed by atoms with Gasteiger partial charge < -0.3 is 14.7 Å². The first-order chi connectivity index (χ1) is 7.56. The number of piperidine rings is 1. The van der Waals surface area contributed by atoms with Gasteiger partial charge in [-0.15, -0.1) is 0 Å². The minimum Gasteiger partial charge on any atom is -0.387 e. The Hall–Kier alpha value is -0.120. The molecule has 3 heteroatoms. The fourth-order valence-electron chi connectivity index (χ4n) is 2.22. The number of ether oxygens (including phenoxy) is 1. The van der Waals surface area contributed by atoms with Gasteiger partial charge in [0.2, 0.25) is 0 Å². The van der Waals surface area contributed by atoms with Crippen LogP contribution in [0.25, 0.3) is 0 Å². The summed E-state index contributed by atoms with van der Waals surface area (Å²) in [7, 11) is 0. The molecule has 1 heterocycles. The molecule has 1 saturated heterocycles. The molecule has 0 atom stereocenters. The van der Waals surface area contributed by atoms with Gasteiger partial charge >= 0.3 is 0 Å². The highest BCUT2D eigenvalue weighted by molar-refractivity contribution is 4.85. The molecule has 0 saturated carbocycles. The van der Waals surface area contributed by atoms with Crippen LogP contribution >= 0.6 is 0 Å². The first-order valence-corrected chi connectivity index (χ1v) is 6.58. The van der Waals surface area contributed by atoms with Crippen molar-refractivity contribution in [2.75, 3.05) is 32.8 Å². The Balaban J connectivity index is 2.23. The fourth-order valence-corrected chi connectivity index (χ4v) is 2.22. The minimum absolute atomic E-state index is 0.510. The zero-order chi connectivity index (χ0) is 12.0. The van der Waals surface area contributed by atoms with Crippen LogP contribution in [0.4, 0.5) is 0 Å². The topological polar surface area (TPSA) is 32.7 Å². The second-order valence-electron chi connectivity index (χ2n) is 5.47. The van der Waals surface area contributed by atoms with Crippen LogP contribution in [0.2, 0.25) is 0 Å². The lowest BCUT2D eigenvalue weighted by atomic mass is 9.92. The molecule has 1 aliphatic rings. The molecule has 0 unspecified atom stereocenters. The average molecular weight is 229 g/mol. The monoisotopic (exact) mass is 229 g/mol. The molecule has 0 bridgehead atoms. The van der Waals surface area contributed by atoms with E-state index >= 15 is 0 Å². The van der Waals surface area contributed by atoms with Crippen molar-refractivity contribution < 1.29 is 9.84 Å². The van der Waals surface area contributed by atoms with Gasteiger partial charge in [-0.05, 0) is 25.2 Å². The summed E-state index contributed by atoms with van der Waals surface area (Å²) in [6.45, 7) is 11.0. The van der Waals surface area contributed by atoms with Gasteiger partial charge in [-0.1, -0.05) is 20.8 Å². The van der Waals surface area contributed by atoms with Gasteiger partial charge in [0, 0.05) is 26.2 Å². The largest absolute Gasteiger partial charge is 0.387 e. The maximum atomic E-state index is 10.3. The van der Waals surface area contributed by atoms with E-state index in [0.717, 1.165) is 45.5 Å². The molecule has 0 aromatic heterocycles. The standard InChI is InChI=1S/C13H27NO2/c1-4-9-16-11-13(15)5-7-14(8-6-13)10-12(2)3/h12,15H,4-11H2,1-3H3. The van der Waals surface area contributed by atoms with Crippen molar-refractivity contribution in [3.63, 3.8) is 0 Å². The van der Waals surface area contributed by atoms with E-state index in [0.29, 0.717) is 12.5 Å². The van der Waals surface area contributed by atoms with Crippen LogP contribution in [-0.4, -0.2) is 48.5 Å². The average Bonchev–Trinajstić information content (AvgIpc) is 2.22. The lowest BCUT2D eigenvalue weighted by Crippen LogP contribution is -2.48. The number of hydrogen-bond acceptors (Lipinski definition) is 3. The summed E-state index contributed by atoms with van der Waals surface area (Å²) < 4.78 is 5.47. The number of likely N-dealkylation sites (tertiary alicyclic amines) is 1. The predicted molar refractivity (Wildman–Crippen MR) is 66.6 cm³/mol. The predicted octanol–water partition coefficient (Wildman–Crippen LogP) is 1.90. The maximum absolute atomic E-state index is 10.3. The SMILES string of the molecule is CCCOCC1(O)CCN(CC(C)C)CC1. The van der Waals surface area contributed by atoms with Gasteiger partial charge in [0.05, 0.1) is 12.2 Å². The van der Waals surface area contributed by atoms with Crippen LogP contribution in [0.15, 0.2) is 0 Å². The lowest BCUT2D eigenvalue weighted by Gasteiger charge is -2.38. The van der Waals surface area contributed by atoms with Crippen molar-refractivity contribution in [1.82, 2.24) is 4.90 Å². The van der Waals surface area contributed by atoms with E-state index in [-0.39, 0.29) is 0 Å². The molecule has 0 spiro atoms. The molecule has 16 heavy (non-hydrogen) atoms. The van der Waals surface area contributed by atoms with E-state index in [1.165, 1.54) is 0 Å². The fraction of sp³-hybridized carbons (Fsp3) is 1.00. The second kappa shape index (κ2) is 6.58. The van der Waals surface area contributed by atoms with Crippen LogP contribution < -0.4 is 0 Å². The third-order valence-corrected chi connectivity index (χ3v) is 3.13. The van der Waals surface area contributed by atoms with E-state index in [1.807, 2.05) is 0 Å². The number of rotatable bonds is 6. The van der Waals surface area contributed by atoms with Crippen molar-refractivity contribution in [2.24, 2.45) is 5.92 Å². The quantitative estimate of drug-likeness (QED) is 0.706. The summed E-state index contributed by atoms with van der Waals surface area (Å²) in [5, 5.41) is 10.3. The highest BCUT2D eigenvalue weighted by Gasteiger charge is 2.32. The third-order valence-electron chi connectivity index (χ3n) is 3.13. The Morgan fingerprint density at radius 2 is 1.94 bits per heavy atom. The number of nitrogens with zero attached hydrogens (tertiary/aromatic N) is 1. The Morgan fingerprint density at radius 1 is 1.31 bits per heavy atom. The summed E-state index contributed by atoms with van der Waals surface area (Å²) in [5.41, 5.74) is -0.567. The molecule has 0 radical (unpaired) electrons. The van der Waals surface area contributed by atoms with Gasteiger partial charge in [0.1, 0.15) is 0 Å². The van der Waals surface area contributed by atoms with E-state index in [4.69, 9.17) is 4.74 Å². The summed E-state index contributed by atoms with van der Waals surface area (Å²) in [5.74, 6) is 0.711. The molecule has 1 rings (SSSR count). The van der Waals surface area contributed by atoms with Crippen LogP contribution in [0.5, 0.6) is 0 Å². The lowest BCUT2D eigenvalue weighted by molar-refractivity contribution is -0.0822.